The molecular weight excluding hydrogens is 521 g/mol. The van der Waals surface area contributed by atoms with Crippen LogP contribution in [0.3, 0.4) is 0 Å². The van der Waals surface area contributed by atoms with E-state index in [-0.39, 0.29) is 17.3 Å². The van der Waals surface area contributed by atoms with E-state index in [1.165, 1.54) is 35.1 Å². The van der Waals surface area contributed by atoms with Gasteiger partial charge in [0.25, 0.3) is 11.5 Å². The third kappa shape index (κ3) is 6.65. The normalized spacial score (nSPS) is 10.8. The van der Waals surface area contributed by atoms with E-state index >= 15 is 0 Å². The molecule has 0 spiro atoms. The minimum atomic E-state index is -0.493. The van der Waals surface area contributed by atoms with Crippen molar-refractivity contribution in [2.24, 2.45) is 0 Å². The van der Waals surface area contributed by atoms with Crippen LogP contribution in [0.25, 0.3) is 5.69 Å². The van der Waals surface area contributed by atoms with Crippen LogP contribution in [-0.2, 0) is 6.54 Å². The highest BCUT2D eigenvalue weighted by Gasteiger charge is 2.16. The topological polar surface area (TPSA) is 98.1 Å². The fraction of sp³-hybridized carbons (Fsp3) is 0.125. The fourth-order valence-electron chi connectivity index (χ4n) is 4.10. The van der Waals surface area contributed by atoms with Crippen LogP contribution in [0, 0.1) is 5.82 Å². The molecule has 0 atom stereocenters. The van der Waals surface area contributed by atoms with E-state index in [4.69, 9.17) is 4.74 Å². The Balaban J connectivity index is 1.43. The first kappa shape index (κ1) is 27.3. The lowest BCUT2D eigenvalue weighted by Gasteiger charge is -2.15. The minimum absolute atomic E-state index is 0.132. The molecule has 0 bridgehead atoms. The second-order valence-electron chi connectivity index (χ2n) is 9.65. The summed E-state index contributed by atoms with van der Waals surface area (Å²) in [5, 5.41) is 10.3. The van der Waals surface area contributed by atoms with Gasteiger partial charge in [-0.3, -0.25) is 14.6 Å². The van der Waals surface area contributed by atoms with E-state index in [2.05, 4.69) is 34.6 Å². The summed E-state index contributed by atoms with van der Waals surface area (Å²) in [4.78, 5) is 30.3. The predicted molar refractivity (Wildman–Crippen MR) is 156 cm³/mol. The van der Waals surface area contributed by atoms with Gasteiger partial charge >= 0.3 is 0 Å². The maximum atomic E-state index is 13.6. The van der Waals surface area contributed by atoms with Crippen LogP contribution < -0.4 is 20.9 Å². The molecular formula is C32H28FN5O3. The number of hydrogen-bond acceptors (Lipinski definition) is 6. The molecule has 0 radical (unpaired) electrons. The third-order valence-electron chi connectivity index (χ3n) is 6.36. The number of carbonyl (C=O) groups is 1. The lowest BCUT2D eigenvalue weighted by Crippen LogP contribution is -2.24. The van der Waals surface area contributed by atoms with Gasteiger partial charge in [-0.2, -0.15) is 9.78 Å². The van der Waals surface area contributed by atoms with Crippen LogP contribution in [0.2, 0.25) is 0 Å². The first-order valence-corrected chi connectivity index (χ1v) is 13.1. The number of hydrogen-bond donors (Lipinski definition) is 2. The van der Waals surface area contributed by atoms with Crippen molar-refractivity contribution in [3.63, 3.8) is 0 Å². The number of carbonyl (C=O) groups excluding carboxylic acids is 1. The van der Waals surface area contributed by atoms with Crippen molar-refractivity contribution >= 4 is 17.3 Å². The quantitative estimate of drug-likeness (QED) is 0.222. The zero-order chi connectivity index (χ0) is 28.8. The van der Waals surface area contributed by atoms with E-state index in [1.807, 2.05) is 30.3 Å². The summed E-state index contributed by atoms with van der Waals surface area (Å²) >= 11 is 0. The number of ether oxygens (including phenoxy) is 1. The van der Waals surface area contributed by atoms with Crippen molar-refractivity contribution in [1.82, 2.24) is 20.1 Å². The van der Waals surface area contributed by atoms with E-state index < -0.39 is 11.4 Å². The van der Waals surface area contributed by atoms with Crippen LogP contribution >= 0.6 is 0 Å². The standard InChI is InChI=1S/C32H28FN5O3/c1-21(2)24-6-3-7-28(17-24)41-29-20-36-38(27-14-10-25(33)11-15-27)32(40)30(29)37-26-12-8-23(9-13-26)31(39)35-19-22-5-4-16-34-18-22/h3-18,20-21,37H,19H2,1-2H3,(H,35,39). The summed E-state index contributed by atoms with van der Waals surface area (Å²) in [5.41, 5.74) is 3.03. The maximum Gasteiger partial charge on any atom is 0.299 e. The summed E-state index contributed by atoms with van der Waals surface area (Å²) in [5.74, 6) is 0.403. The molecule has 3 aromatic carbocycles. The predicted octanol–water partition coefficient (Wildman–Crippen LogP) is 6.36. The number of rotatable bonds is 9. The van der Waals surface area contributed by atoms with E-state index in [0.29, 0.717) is 35.2 Å². The van der Waals surface area contributed by atoms with Crippen LogP contribution in [0.1, 0.15) is 41.3 Å². The Labute approximate surface area is 236 Å². The Morgan fingerprint density at radius 1 is 0.976 bits per heavy atom. The number of nitrogens with one attached hydrogen (secondary N) is 2. The molecule has 8 nitrogen and oxygen atoms in total. The van der Waals surface area contributed by atoms with Gasteiger partial charge in [0.15, 0.2) is 11.4 Å². The maximum absolute atomic E-state index is 13.6. The van der Waals surface area contributed by atoms with Crippen LogP contribution in [0.15, 0.2) is 108 Å². The number of anilines is 2. The highest BCUT2D eigenvalue weighted by molar-refractivity contribution is 5.94. The first-order chi connectivity index (χ1) is 19.9. The Morgan fingerprint density at radius 2 is 1.76 bits per heavy atom. The van der Waals surface area contributed by atoms with Gasteiger partial charge in [0.2, 0.25) is 0 Å². The van der Waals surface area contributed by atoms with Gasteiger partial charge in [0, 0.05) is 30.2 Å². The molecule has 0 unspecified atom stereocenters. The van der Waals surface area contributed by atoms with E-state index in [9.17, 15) is 14.0 Å². The van der Waals surface area contributed by atoms with Crippen LogP contribution in [-0.4, -0.2) is 20.7 Å². The average molecular weight is 550 g/mol. The van der Waals surface area contributed by atoms with Crippen molar-refractivity contribution in [1.29, 1.82) is 0 Å². The molecule has 0 fully saturated rings. The van der Waals surface area contributed by atoms with Crippen molar-refractivity contribution in [2.45, 2.75) is 26.3 Å². The second-order valence-corrected chi connectivity index (χ2v) is 9.65. The number of halogens is 1. The van der Waals surface area contributed by atoms with Crippen molar-refractivity contribution in [3.05, 3.63) is 136 Å². The Bertz CT molecular complexity index is 1700. The molecule has 2 heterocycles. The van der Waals surface area contributed by atoms with E-state index in [0.717, 1.165) is 11.1 Å². The number of aromatic nitrogens is 3. The Kier molecular flexibility index (Phi) is 8.15. The summed E-state index contributed by atoms with van der Waals surface area (Å²) in [7, 11) is 0. The smallest absolute Gasteiger partial charge is 0.299 e. The van der Waals surface area contributed by atoms with Gasteiger partial charge < -0.3 is 15.4 Å². The molecule has 0 saturated carbocycles. The Morgan fingerprint density at radius 3 is 2.46 bits per heavy atom. The van der Waals surface area contributed by atoms with Gasteiger partial charge in [-0.25, -0.2) is 4.39 Å². The molecule has 5 rings (SSSR count). The lowest BCUT2D eigenvalue weighted by molar-refractivity contribution is 0.0951. The molecule has 0 aliphatic carbocycles. The van der Waals surface area contributed by atoms with Crippen LogP contribution in [0.4, 0.5) is 15.8 Å². The summed E-state index contributed by atoms with van der Waals surface area (Å²) in [6, 6.07) is 23.5. The number of benzene rings is 3. The molecule has 1 amide bonds. The molecule has 0 saturated heterocycles. The van der Waals surface area contributed by atoms with Gasteiger partial charge in [-0.15, -0.1) is 0 Å². The molecule has 2 N–H and O–H groups in total. The number of nitrogens with zero attached hydrogens (tertiary/aromatic N) is 3. The molecule has 2 aromatic heterocycles. The van der Waals surface area contributed by atoms with Gasteiger partial charge in [-0.05, 0) is 83.8 Å². The highest BCUT2D eigenvalue weighted by atomic mass is 19.1. The van der Waals surface area contributed by atoms with Gasteiger partial charge in [0.05, 0.1) is 11.9 Å². The van der Waals surface area contributed by atoms with Gasteiger partial charge in [0.1, 0.15) is 11.6 Å². The largest absolute Gasteiger partial charge is 0.453 e. The third-order valence-corrected chi connectivity index (χ3v) is 6.36. The Hall–Kier alpha value is -5.31. The SMILES string of the molecule is CC(C)c1cccc(Oc2cnn(-c3ccc(F)cc3)c(=O)c2Nc2ccc(C(=O)NCc3cccnc3)cc2)c1. The van der Waals surface area contributed by atoms with Crippen molar-refractivity contribution in [3.8, 4) is 17.2 Å². The monoisotopic (exact) mass is 549 g/mol. The molecule has 206 valence electrons. The minimum Gasteiger partial charge on any atom is -0.453 e. The van der Waals surface area contributed by atoms with Crippen molar-refractivity contribution in [2.75, 3.05) is 5.32 Å². The summed E-state index contributed by atoms with van der Waals surface area (Å²) < 4.78 is 20.8. The lowest BCUT2D eigenvalue weighted by atomic mass is 10.0. The molecule has 0 aliphatic rings. The second kappa shape index (κ2) is 12.3. The first-order valence-electron chi connectivity index (χ1n) is 13.1. The summed E-state index contributed by atoms with van der Waals surface area (Å²) in [6.07, 6.45) is 4.81. The molecule has 9 heteroatoms. The number of amides is 1. The average Bonchev–Trinajstić information content (AvgIpc) is 2.99. The zero-order valence-electron chi connectivity index (χ0n) is 22.5. The summed E-state index contributed by atoms with van der Waals surface area (Å²) in [6.45, 7) is 4.52. The van der Waals surface area contributed by atoms with E-state index in [1.54, 1.807) is 42.7 Å². The molecule has 5 aromatic rings. The van der Waals surface area contributed by atoms with Crippen LogP contribution in [0.5, 0.6) is 11.5 Å². The highest BCUT2D eigenvalue weighted by Crippen LogP contribution is 2.30. The van der Waals surface area contributed by atoms with Crippen molar-refractivity contribution < 1.29 is 13.9 Å². The molecule has 41 heavy (non-hydrogen) atoms. The number of pyridine rings is 1. The fourth-order valence-corrected chi connectivity index (χ4v) is 4.10. The molecule has 0 aliphatic heterocycles. The zero-order valence-corrected chi connectivity index (χ0v) is 22.5. The van der Waals surface area contributed by atoms with Gasteiger partial charge in [-0.1, -0.05) is 32.0 Å².